The molecule has 0 radical (unpaired) electrons. The summed E-state index contributed by atoms with van der Waals surface area (Å²) < 4.78 is 51.1. The Morgan fingerprint density at radius 3 is 2.32 bits per heavy atom. The highest BCUT2D eigenvalue weighted by Crippen LogP contribution is 2.46. The van der Waals surface area contributed by atoms with Crippen LogP contribution in [-0.4, -0.2) is 23.7 Å². The molecule has 4 nitrogen and oxygen atoms in total. The molecule has 34 heavy (non-hydrogen) atoms. The van der Waals surface area contributed by atoms with E-state index in [0.29, 0.717) is 22.4 Å². The molecule has 182 valence electrons. The standard InChI is InChI=1S/C26H28F3NO3S/c1-14-19(22(24(31)32-5)33-25(2,3)4)20(15-10-12-16(13-11-15)26(27,28)29)21-17-8-6-7-9-18(17)34-23(21)30-14/h10-13,22H,6-9H2,1-5H3. The predicted molar refractivity (Wildman–Crippen MR) is 127 cm³/mol. The van der Waals surface area contributed by atoms with Gasteiger partial charge in [-0.25, -0.2) is 9.78 Å². The number of aromatic nitrogens is 1. The first-order valence-electron chi connectivity index (χ1n) is 11.3. The number of alkyl halides is 3. The highest BCUT2D eigenvalue weighted by Gasteiger charge is 2.35. The van der Waals surface area contributed by atoms with Crippen molar-refractivity contribution in [2.75, 3.05) is 7.11 Å². The molecule has 4 rings (SSSR count). The molecule has 1 unspecified atom stereocenters. The van der Waals surface area contributed by atoms with Crippen molar-refractivity contribution < 1.29 is 27.4 Å². The van der Waals surface area contributed by atoms with Gasteiger partial charge in [-0.3, -0.25) is 0 Å². The van der Waals surface area contributed by atoms with E-state index in [2.05, 4.69) is 0 Å². The summed E-state index contributed by atoms with van der Waals surface area (Å²) in [7, 11) is 1.30. The molecule has 2 aromatic heterocycles. The summed E-state index contributed by atoms with van der Waals surface area (Å²) in [5, 5.41) is 0.909. The van der Waals surface area contributed by atoms with Gasteiger partial charge in [0.05, 0.1) is 18.3 Å². The van der Waals surface area contributed by atoms with Crippen LogP contribution in [0.4, 0.5) is 13.2 Å². The number of methoxy groups -OCH3 is 1. The lowest BCUT2D eigenvalue weighted by molar-refractivity contribution is -0.164. The Hall–Kier alpha value is -2.45. The number of hydrogen-bond acceptors (Lipinski definition) is 5. The van der Waals surface area contributed by atoms with Gasteiger partial charge in [0.25, 0.3) is 0 Å². The lowest BCUT2D eigenvalue weighted by Crippen LogP contribution is -2.29. The maximum atomic E-state index is 13.3. The molecule has 0 spiro atoms. The van der Waals surface area contributed by atoms with E-state index in [1.165, 1.54) is 29.7 Å². The van der Waals surface area contributed by atoms with Crippen LogP contribution in [0.15, 0.2) is 24.3 Å². The molecule has 1 aliphatic carbocycles. The maximum Gasteiger partial charge on any atom is 0.416 e. The number of ether oxygens (including phenoxy) is 2. The van der Waals surface area contributed by atoms with Crippen molar-refractivity contribution in [3.8, 4) is 11.1 Å². The predicted octanol–water partition coefficient (Wildman–Crippen LogP) is 7.20. The maximum absolute atomic E-state index is 13.3. The van der Waals surface area contributed by atoms with Gasteiger partial charge in [-0.15, -0.1) is 11.3 Å². The van der Waals surface area contributed by atoms with Gasteiger partial charge in [-0.05, 0) is 76.6 Å². The van der Waals surface area contributed by atoms with E-state index in [9.17, 15) is 18.0 Å². The van der Waals surface area contributed by atoms with Crippen LogP contribution < -0.4 is 0 Å². The third kappa shape index (κ3) is 4.70. The largest absolute Gasteiger partial charge is 0.467 e. The second-order valence-electron chi connectivity index (χ2n) is 9.59. The van der Waals surface area contributed by atoms with Crippen molar-refractivity contribution in [2.24, 2.45) is 0 Å². The van der Waals surface area contributed by atoms with E-state index >= 15 is 0 Å². The van der Waals surface area contributed by atoms with E-state index < -0.39 is 29.4 Å². The molecular formula is C26H28F3NO3S. The Morgan fingerprint density at radius 2 is 1.74 bits per heavy atom. The molecule has 3 aromatic rings. The number of carbonyl (C=O) groups is 1. The van der Waals surface area contributed by atoms with E-state index in [1.54, 1.807) is 11.3 Å². The van der Waals surface area contributed by atoms with Crippen molar-refractivity contribution in [1.82, 2.24) is 4.98 Å². The number of rotatable bonds is 4. The lowest BCUT2D eigenvalue weighted by Gasteiger charge is -2.29. The minimum atomic E-state index is -4.43. The number of benzene rings is 1. The molecule has 0 N–H and O–H groups in total. The molecule has 1 aromatic carbocycles. The zero-order chi connectivity index (χ0) is 24.8. The molecule has 0 amide bonds. The van der Waals surface area contributed by atoms with Crippen molar-refractivity contribution in [3.05, 3.63) is 51.5 Å². The number of halogens is 3. The highest BCUT2D eigenvalue weighted by molar-refractivity contribution is 7.19. The van der Waals surface area contributed by atoms with Gasteiger partial charge in [0.15, 0.2) is 6.10 Å². The molecule has 8 heteroatoms. The van der Waals surface area contributed by atoms with Gasteiger partial charge in [0.1, 0.15) is 4.83 Å². The average Bonchev–Trinajstić information content (AvgIpc) is 3.13. The summed E-state index contributed by atoms with van der Waals surface area (Å²) in [4.78, 5) is 19.9. The second-order valence-corrected chi connectivity index (χ2v) is 10.7. The second kappa shape index (κ2) is 8.96. The molecule has 2 heterocycles. The van der Waals surface area contributed by atoms with Gasteiger partial charge < -0.3 is 9.47 Å². The quantitative estimate of drug-likeness (QED) is 0.362. The van der Waals surface area contributed by atoms with Gasteiger partial charge >= 0.3 is 12.1 Å². The van der Waals surface area contributed by atoms with Crippen molar-refractivity contribution in [3.63, 3.8) is 0 Å². The summed E-state index contributed by atoms with van der Waals surface area (Å²) in [5.41, 5.74) is 2.22. The van der Waals surface area contributed by atoms with Crippen LogP contribution in [-0.2, 0) is 33.3 Å². The van der Waals surface area contributed by atoms with E-state index in [1.807, 2.05) is 27.7 Å². The SMILES string of the molecule is COC(=O)C(OC(C)(C)C)c1c(C)nc2sc3c(c2c1-c1ccc(C(F)(F)F)cc1)CCCC3. The number of thiophene rings is 1. The summed E-state index contributed by atoms with van der Waals surface area (Å²) >= 11 is 1.63. The Kier molecular flexibility index (Phi) is 6.50. The molecule has 0 bridgehead atoms. The molecule has 0 aliphatic heterocycles. The van der Waals surface area contributed by atoms with Crippen LogP contribution in [0.2, 0.25) is 0 Å². The van der Waals surface area contributed by atoms with Crippen LogP contribution in [0.25, 0.3) is 21.3 Å². The zero-order valence-electron chi connectivity index (χ0n) is 19.9. The number of fused-ring (bicyclic) bond motifs is 3. The Bertz CT molecular complexity index is 1220. The number of hydrogen-bond donors (Lipinski definition) is 0. The smallest absolute Gasteiger partial charge is 0.416 e. The molecule has 1 aliphatic rings. The van der Waals surface area contributed by atoms with E-state index in [0.717, 1.165) is 48.0 Å². The van der Waals surface area contributed by atoms with Crippen LogP contribution >= 0.6 is 11.3 Å². The lowest BCUT2D eigenvalue weighted by atomic mass is 9.87. The number of pyridine rings is 1. The fourth-order valence-corrected chi connectivity index (χ4v) is 5.87. The summed E-state index contributed by atoms with van der Waals surface area (Å²) in [6.45, 7) is 7.33. The summed E-state index contributed by atoms with van der Waals surface area (Å²) in [6.07, 6.45) is -1.55. The number of aryl methyl sites for hydroxylation is 3. The van der Waals surface area contributed by atoms with Crippen molar-refractivity contribution in [2.45, 2.75) is 71.3 Å². The fraction of sp³-hybridized carbons (Fsp3) is 0.462. The minimum Gasteiger partial charge on any atom is -0.467 e. The van der Waals surface area contributed by atoms with Crippen LogP contribution in [0.3, 0.4) is 0 Å². The first-order valence-corrected chi connectivity index (χ1v) is 12.1. The van der Waals surface area contributed by atoms with E-state index in [4.69, 9.17) is 14.5 Å². The molecule has 1 atom stereocenters. The summed E-state index contributed by atoms with van der Waals surface area (Å²) in [5.74, 6) is -0.573. The number of nitrogens with zero attached hydrogens (tertiary/aromatic N) is 1. The third-order valence-corrected chi connectivity index (χ3v) is 7.17. The van der Waals surface area contributed by atoms with E-state index in [-0.39, 0.29) is 0 Å². The molecular weight excluding hydrogens is 463 g/mol. The summed E-state index contributed by atoms with van der Waals surface area (Å²) in [6, 6.07) is 5.10. The molecule has 0 saturated heterocycles. The fourth-order valence-electron chi connectivity index (χ4n) is 4.55. The number of esters is 1. The highest BCUT2D eigenvalue weighted by atomic mass is 32.1. The molecule has 0 saturated carbocycles. The first kappa shape index (κ1) is 24.7. The van der Waals surface area contributed by atoms with Gasteiger partial charge in [0, 0.05) is 27.1 Å². The van der Waals surface area contributed by atoms with Crippen molar-refractivity contribution in [1.29, 1.82) is 0 Å². The topological polar surface area (TPSA) is 48.4 Å². The number of carbonyl (C=O) groups excluding carboxylic acids is 1. The Labute approximate surface area is 201 Å². The van der Waals surface area contributed by atoms with Crippen molar-refractivity contribution >= 4 is 27.5 Å². The third-order valence-electron chi connectivity index (χ3n) is 5.98. The Balaban J connectivity index is 2.05. The van der Waals surface area contributed by atoms with Gasteiger partial charge in [-0.1, -0.05) is 12.1 Å². The Morgan fingerprint density at radius 1 is 1.09 bits per heavy atom. The first-order chi connectivity index (χ1) is 15.9. The van der Waals surface area contributed by atoms with Gasteiger partial charge in [-0.2, -0.15) is 13.2 Å². The average molecular weight is 492 g/mol. The molecule has 0 fully saturated rings. The normalized spacial score (nSPS) is 15.3. The monoisotopic (exact) mass is 491 g/mol. The van der Waals surface area contributed by atoms with Crippen LogP contribution in [0.5, 0.6) is 0 Å². The zero-order valence-corrected chi connectivity index (χ0v) is 20.7. The van der Waals surface area contributed by atoms with Crippen LogP contribution in [0.1, 0.15) is 67.0 Å². The van der Waals surface area contributed by atoms with Gasteiger partial charge in [0.2, 0.25) is 0 Å². The van der Waals surface area contributed by atoms with Crippen LogP contribution in [0, 0.1) is 6.92 Å². The minimum absolute atomic E-state index is 0.542.